The quantitative estimate of drug-likeness (QED) is 0.268. The molecule has 1 aliphatic rings. The third kappa shape index (κ3) is 2.47. The Balaban J connectivity index is 2.35. The lowest BCUT2D eigenvalue weighted by Gasteiger charge is -2.08. The van der Waals surface area contributed by atoms with E-state index in [0.717, 1.165) is 5.56 Å². The van der Waals surface area contributed by atoms with E-state index in [1.165, 1.54) is 19.3 Å². The van der Waals surface area contributed by atoms with Crippen LogP contribution in [0.4, 0.5) is 5.69 Å². The number of esters is 1. The summed E-state index contributed by atoms with van der Waals surface area (Å²) in [5.41, 5.74) is 7.38. The van der Waals surface area contributed by atoms with Gasteiger partial charge in [0.2, 0.25) is 6.11 Å². The Kier molecular flexibility index (Phi) is 3.14. The van der Waals surface area contributed by atoms with Gasteiger partial charge in [-0.3, -0.25) is 0 Å². The van der Waals surface area contributed by atoms with Gasteiger partial charge in [-0.2, -0.15) is 0 Å². The minimum atomic E-state index is -0.475. The van der Waals surface area contributed by atoms with Gasteiger partial charge in [0.25, 0.3) is 0 Å². The van der Waals surface area contributed by atoms with Gasteiger partial charge in [0.1, 0.15) is 0 Å². The Bertz CT molecular complexity index is 511. The molecule has 0 unspecified atom stereocenters. The molecule has 85 valence electrons. The number of anilines is 1. The van der Waals surface area contributed by atoms with Gasteiger partial charge < -0.3 is 15.2 Å². The summed E-state index contributed by atoms with van der Waals surface area (Å²) in [5, 5.41) is 0. The highest BCUT2D eigenvalue weighted by molar-refractivity contribution is 6.62. The van der Waals surface area contributed by atoms with Gasteiger partial charge in [-0.25, -0.2) is 4.79 Å². The third-order valence-corrected chi connectivity index (χ3v) is 2.22. The van der Waals surface area contributed by atoms with Crippen molar-refractivity contribution >= 4 is 31.3 Å². The number of hydrogen-bond acceptors (Lipinski definition) is 4. The van der Waals surface area contributed by atoms with E-state index >= 15 is 0 Å². The van der Waals surface area contributed by atoms with Crippen LogP contribution in [-0.4, -0.2) is 31.4 Å². The number of nitrogens with two attached hydrogens (primary N) is 1. The number of ether oxygens (including phenoxy) is 1. The molecule has 1 heterocycles. The van der Waals surface area contributed by atoms with Crippen molar-refractivity contribution in [3.8, 4) is 0 Å². The number of benzene rings is 1. The predicted molar refractivity (Wildman–Crippen MR) is 64.0 cm³/mol. The highest BCUT2D eigenvalue weighted by Gasteiger charge is 2.32. The van der Waals surface area contributed by atoms with Crippen LogP contribution in [0.3, 0.4) is 0 Å². The van der Waals surface area contributed by atoms with Crippen molar-refractivity contribution in [3.63, 3.8) is 0 Å². The lowest BCUT2D eigenvalue weighted by atomic mass is 10.0. The average Bonchev–Trinajstić information content (AvgIpc) is 2.25. The molecule has 1 radical (unpaired) electrons. The zero-order valence-electron chi connectivity index (χ0n) is 9.29. The molecule has 2 rings (SSSR count). The highest BCUT2D eigenvalue weighted by Crippen LogP contribution is 2.13. The van der Waals surface area contributed by atoms with Gasteiger partial charge >= 0.3 is 19.1 Å². The smallest absolute Gasteiger partial charge is 0.461 e. The lowest BCUT2D eigenvalue weighted by Crippen LogP contribution is -2.33. The molecule has 1 aliphatic heterocycles. The molecule has 0 amide bonds. The Hall–Kier alpha value is -2.24. The maximum Gasteiger partial charge on any atom is 0.587 e. The summed E-state index contributed by atoms with van der Waals surface area (Å²) >= 11 is 0. The van der Waals surface area contributed by atoms with Crippen molar-refractivity contribution in [2.24, 2.45) is 0 Å². The first-order valence-electron chi connectivity index (χ1n) is 4.99. The van der Waals surface area contributed by atoms with E-state index in [-0.39, 0.29) is 0 Å². The van der Waals surface area contributed by atoms with Crippen LogP contribution in [0.15, 0.2) is 30.0 Å². The number of methoxy groups -OCH3 is 1. The van der Waals surface area contributed by atoms with Crippen LogP contribution >= 0.6 is 0 Å². The van der Waals surface area contributed by atoms with Crippen LogP contribution in [0.25, 0.3) is 6.08 Å². The van der Waals surface area contributed by atoms with Crippen molar-refractivity contribution in [2.75, 3.05) is 12.8 Å². The molecule has 0 saturated carbocycles. The Labute approximate surface area is 99.4 Å². The van der Waals surface area contributed by atoms with E-state index in [0.29, 0.717) is 11.4 Å². The van der Waals surface area contributed by atoms with Gasteiger partial charge in [0.15, 0.2) is 0 Å². The molecule has 5 nitrogen and oxygen atoms in total. The predicted octanol–water partition coefficient (Wildman–Crippen LogP) is 0.388. The van der Waals surface area contributed by atoms with Crippen molar-refractivity contribution < 1.29 is 19.0 Å². The molecule has 2 N–H and O–H groups in total. The highest BCUT2D eigenvalue weighted by atomic mass is 16.6. The van der Waals surface area contributed by atoms with Crippen LogP contribution < -0.4 is 5.73 Å². The fraction of sp³-hybridized carbons (Fsp3) is 0.0909. The number of carbonyl (C=O) groups excluding carboxylic acids is 1. The van der Waals surface area contributed by atoms with Gasteiger partial charge in [0, 0.05) is 11.8 Å². The number of nitrogens with zero attached hydrogens (tertiary/aromatic N) is 1. The molecule has 0 atom stereocenters. The van der Waals surface area contributed by atoms with Crippen molar-refractivity contribution in [3.05, 3.63) is 35.5 Å². The number of nitrogen functional groups attached to an aromatic ring is 1. The molecule has 1 aromatic carbocycles. The summed E-state index contributed by atoms with van der Waals surface area (Å²) in [4.78, 5) is 11.6. The molecule has 6 heteroatoms. The first-order chi connectivity index (χ1) is 8.20. The minimum absolute atomic E-state index is 0.292. The maximum absolute atomic E-state index is 11.6. The summed E-state index contributed by atoms with van der Waals surface area (Å²) in [6.07, 6.45) is 3.26. The largest absolute Gasteiger partial charge is 0.587 e. The second kappa shape index (κ2) is 4.73. The molecular weight excluding hydrogens is 219 g/mol. The van der Waals surface area contributed by atoms with Gasteiger partial charge in [-0.15, -0.1) is 0 Å². The summed E-state index contributed by atoms with van der Waals surface area (Å²) in [6.45, 7) is 0. The zero-order chi connectivity index (χ0) is 12.3. The third-order valence-electron chi connectivity index (χ3n) is 2.22. The second-order valence-corrected chi connectivity index (χ2v) is 3.41. The first kappa shape index (κ1) is 11.3. The molecule has 0 aliphatic carbocycles. The standard InChI is InChI=1S/C11H11BN2O3/c1-16-11(15)10(14-7-12-17-14)6-8-3-2-4-9(13)5-8/h2-7H,13H2,1H3/q+1. The fourth-order valence-electron chi connectivity index (χ4n) is 1.38. The minimum Gasteiger partial charge on any atom is -0.461 e. The monoisotopic (exact) mass is 230 g/mol. The van der Waals surface area contributed by atoms with E-state index < -0.39 is 5.97 Å². The molecule has 1 aromatic rings. The lowest BCUT2D eigenvalue weighted by molar-refractivity contribution is -0.718. The first-order valence-corrected chi connectivity index (χ1v) is 4.99. The maximum atomic E-state index is 11.6. The number of hydrogen-bond donors (Lipinski definition) is 1. The molecular formula is C11H11BN2O3+. The topological polar surface area (TPSA) is 64.6 Å². The van der Waals surface area contributed by atoms with Gasteiger partial charge in [-0.1, -0.05) is 12.1 Å². The molecule has 17 heavy (non-hydrogen) atoms. The summed E-state index contributed by atoms with van der Waals surface area (Å²) in [6, 6.07) is 7.17. The molecule has 0 bridgehead atoms. The van der Waals surface area contributed by atoms with Crippen LogP contribution in [0.2, 0.25) is 0 Å². The zero-order valence-corrected chi connectivity index (χ0v) is 9.29. The number of hydroxylamine groups is 1. The van der Waals surface area contributed by atoms with Crippen molar-refractivity contribution in [1.29, 1.82) is 0 Å². The Morgan fingerprint density at radius 3 is 2.88 bits per heavy atom. The summed E-state index contributed by atoms with van der Waals surface area (Å²) in [7, 11) is 2.79. The van der Waals surface area contributed by atoms with Crippen LogP contribution in [-0.2, 0) is 14.3 Å². The van der Waals surface area contributed by atoms with Crippen LogP contribution in [0.5, 0.6) is 0 Å². The van der Waals surface area contributed by atoms with Crippen molar-refractivity contribution in [2.45, 2.75) is 0 Å². The summed E-state index contributed by atoms with van der Waals surface area (Å²) < 4.78 is 11.0. The van der Waals surface area contributed by atoms with E-state index in [9.17, 15) is 4.79 Å². The SMILES string of the molecule is COC(=O)C(=Cc1cccc(N)c1)[N+]1=C[B]O1. The normalized spacial score (nSPS) is 13.9. The van der Waals surface area contributed by atoms with Crippen LogP contribution in [0.1, 0.15) is 5.56 Å². The molecule has 0 saturated heterocycles. The van der Waals surface area contributed by atoms with E-state index in [2.05, 4.69) is 4.74 Å². The van der Waals surface area contributed by atoms with E-state index in [4.69, 9.17) is 10.5 Å². The molecule has 0 spiro atoms. The Morgan fingerprint density at radius 1 is 1.59 bits per heavy atom. The number of carbonyl (C=O) groups is 1. The second-order valence-electron chi connectivity index (χ2n) is 3.41. The average molecular weight is 230 g/mol. The Morgan fingerprint density at radius 2 is 2.35 bits per heavy atom. The van der Waals surface area contributed by atoms with E-state index in [1.54, 1.807) is 24.3 Å². The molecule has 0 fully saturated rings. The van der Waals surface area contributed by atoms with Crippen molar-refractivity contribution in [1.82, 2.24) is 0 Å². The molecule has 0 aromatic heterocycles. The van der Waals surface area contributed by atoms with Crippen LogP contribution in [0, 0.1) is 0 Å². The van der Waals surface area contributed by atoms with E-state index in [1.807, 2.05) is 12.1 Å². The van der Waals surface area contributed by atoms with Gasteiger partial charge in [-0.05, 0) is 22.4 Å². The fourth-order valence-corrected chi connectivity index (χ4v) is 1.38. The van der Waals surface area contributed by atoms with Gasteiger partial charge in [0.05, 0.1) is 7.11 Å². The summed E-state index contributed by atoms with van der Waals surface area (Å²) in [5.74, 6) is -0.475. The number of rotatable bonds is 3.